The highest BCUT2D eigenvalue weighted by Crippen LogP contribution is 2.29. The first-order valence-corrected chi connectivity index (χ1v) is 8.94. The standard InChI is InChI=1S/C21H17N5O3/c1-25(29)17-4-2-3-15(11-17)19-18(12-23-21(28)24-19)20(27)14-5-7-16(8-6-14)26-10-9-22-13-26/h2-13,19H,1H3,(H-,23,24,27,28)/p+1. The lowest BCUT2D eigenvalue weighted by atomic mass is 9.91. The number of ketones is 1. The van der Waals surface area contributed by atoms with Crippen LogP contribution in [0, 0.1) is 4.91 Å². The largest absolute Gasteiger partial charge is 0.327 e. The van der Waals surface area contributed by atoms with E-state index in [1.807, 2.05) is 22.9 Å². The van der Waals surface area contributed by atoms with Gasteiger partial charge in [-0.1, -0.05) is 12.1 Å². The van der Waals surface area contributed by atoms with Crippen molar-refractivity contribution in [2.24, 2.45) is 0 Å². The number of nitrogens with zero attached hydrogens (tertiary/aromatic N) is 3. The molecule has 0 aliphatic carbocycles. The van der Waals surface area contributed by atoms with Crippen molar-refractivity contribution in [3.05, 3.63) is 95.1 Å². The van der Waals surface area contributed by atoms with E-state index in [1.54, 1.807) is 48.9 Å². The molecule has 0 radical (unpaired) electrons. The average Bonchev–Trinajstić information content (AvgIpc) is 3.28. The maximum atomic E-state index is 13.2. The first-order chi connectivity index (χ1) is 14.0. The predicted molar refractivity (Wildman–Crippen MR) is 106 cm³/mol. The fraction of sp³-hybridized carbons (Fsp3) is 0.0952. The Bertz CT molecular complexity index is 1120. The van der Waals surface area contributed by atoms with Gasteiger partial charge in [0.05, 0.1) is 12.4 Å². The number of carbonyl (C=O) groups excluding carboxylic acids is 2. The lowest BCUT2D eigenvalue weighted by molar-refractivity contribution is -0.428. The van der Waals surface area contributed by atoms with Gasteiger partial charge in [-0.2, -0.15) is 0 Å². The number of urea groups is 1. The minimum absolute atomic E-state index is 0.222. The Kier molecular flexibility index (Phi) is 4.74. The van der Waals surface area contributed by atoms with Crippen LogP contribution < -0.4 is 10.6 Å². The molecule has 0 fully saturated rings. The molecule has 2 heterocycles. The zero-order chi connectivity index (χ0) is 20.4. The molecule has 8 nitrogen and oxygen atoms in total. The first kappa shape index (κ1) is 18.3. The molecule has 2 N–H and O–H groups in total. The third kappa shape index (κ3) is 3.68. The Morgan fingerprint density at radius 1 is 1.17 bits per heavy atom. The van der Waals surface area contributed by atoms with Crippen molar-refractivity contribution in [1.29, 1.82) is 0 Å². The highest BCUT2D eigenvalue weighted by molar-refractivity contribution is 6.10. The molecule has 1 atom stereocenters. The molecule has 0 saturated heterocycles. The summed E-state index contributed by atoms with van der Waals surface area (Å²) in [6.45, 7) is 0. The van der Waals surface area contributed by atoms with Gasteiger partial charge >= 0.3 is 6.03 Å². The van der Waals surface area contributed by atoms with E-state index in [4.69, 9.17) is 0 Å². The summed E-state index contributed by atoms with van der Waals surface area (Å²) in [6, 6.07) is 12.8. The van der Waals surface area contributed by atoms with Crippen LogP contribution in [-0.2, 0) is 0 Å². The molecule has 4 rings (SSSR count). The van der Waals surface area contributed by atoms with Crippen LogP contribution in [0.2, 0.25) is 0 Å². The highest BCUT2D eigenvalue weighted by Gasteiger charge is 2.29. The third-order valence-electron chi connectivity index (χ3n) is 4.71. The van der Waals surface area contributed by atoms with Gasteiger partial charge in [0.2, 0.25) is 0 Å². The first-order valence-electron chi connectivity index (χ1n) is 8.94. The van der Waals surface area contributed by atoms with E-state index in [-0.39, 0.29) is 5.78 Å². The number of rotatable bonds is 5. The number of aromatic nitrogens is 2. The monoisotopic (exact) mass is 388 g/mol. The summed E-state index contributed by atoms with van der Waals surface area (Å²) in [7, 11) is 1.39. The molecule has 1 aliphatic rings. The quantitative estimate of drug-likeness (QED) is 0.519. The van der Waals surface area contributed by atoms with Crippen LogP contribution in [0.15, 0.2) is 79.0 Å². The summed E-state index contributed by atoms with van der Waals surface area (Å²) in [5.41, 5.74) is 2.83. The SMILES string of the molecule is C[N+](=O)c1cccc(C2NC(=O)NC=C2C(=O)c2ccc(-n3ccnc3)cc2)c1. The van der Waals surface area contributed by atoms with Gasteiger partial charge in [0.1, 0.15) is 0 Å². The topological polar surface area (TPSA) is 96.1 Å². The summed E-state index contributed by atoms with van der Waals surface area (Å²) in [6.07, 6.45) is 6.59. The van der Waals surface area contributed by atoms with Gasteiger partial charge < -0.3 is 15.2 Å². The maximum Gasteiger partial charge on any atom is 0.319 e. The molecule has 1 aliphatic heterocycles. The Morgan fingerprint density at radius 3 is 2.66 bits per heavy atom. The van der Waals surface area contributed by atoms with Crippen molar-refractivity contribution < 1.29 is 14.3 Å². The summed E-state index contributed by atoms with van der Waals surface area (Å²) in [5.74, 6) is -0.222. The average molecular weight is 388 g/mol. The fourth-order valence-corrected chi connectivity index (χ4v) is 3.20. The third-order valence-corrected chi connectivity index (χ3v) is 4.71. The number of amides is 2. The number of hydrogen-bond acceptors (Lipinski definition) is 4. The van der Waals surface area contributed by atoms with Crippen LogP contribution in [-0.4, -0.2) is 33.2 Å². The van der Waals surface area contributed by atoms with Gasteiger partial charge in [-0.05, 0) is 29.8 Å². The van der Waals surface area contributed by atoms with Crippen molar-refractivity contribution in [2.75, 3.05) is 7.05 Å². The second-order valence-corrected chi connectivity index (χ2v) is 6.59. The number of Topliss-reactive ketones (excluding diaryl/α,β-unsaturated/α-hetero) is 1. The van der Waals surface area contributed by atoms with E-state index in [0.29, 0.717) is 22.4 Å². The summed E-state index contributed by atoms with van der Waals surface area (Å²) in [5, 5.41) is 5.30. The van der Waals surface area contributed by atoms with Crippen molar-refractivity contribution in [1.82, 2.24) is 20.2 Å². The second-order valence-electron chi connectivity index (χ2n) is 6.59. The summed E-state index contributed by atoms with van der Waals surface area (Å²) >= 11 is 0. The van der Waals surface area contributed by atoms with E-state index < -0.39 is 12.1 Å². The van der Waals surface area contributed by atoms with Gasteiger partial charge in [-0.3, -0.25) is 4.79 Å². The molecule has 2 aromatic carbocycles. The lowest BCUT2D eigenvalue weighted by Crippen LogP contribution is -2.42. The van der Waals surface area contributed by atoms with E-state index in [2.05, 4.69) is 15.6 Å². The molecule has 2 amide bonds. The molecular formula is C21H18N5O3+. The van der Waals surface area contributed by atoms with E-state index in [1.165, 1.54) is 13.2 Å². The summed E-state index contributed by atoms with van der Waals surface area (Å²) in [4.78, 5) is 40.7. The number of nitrogens with one attached hydrogen (secondary N) is 2. The van der Waals surface area contributed by atoms with Crippen LogP contribution in [0.4, 0.5) is 10.5 Å². The lowest BCUT2D eigenvalue weighted by Gasteiger charge is -2.25. The maximum absolute atomic E-state index is 13.2. The van der Waals surface area contributed by atoms with Crippen molar-refractivity contribution in [3.63, 3.8) is 0 Å². The number of imidazole rings is 1. The van der Waals surface area contributed by atoms with Gasteiger partial charge in [-0.25, -0.2) is 9.78 Å². The molecule has 29 heavy (non-hydrogen) atoms. The van der Waals surface area contributed by atoms with Crippen LogP contribution in [0.25, 0.3) is 5.69 Å². The van der Waals surface area contributed by atoms with Crippen molar-refractivity contribution in [3.8, 4) is 5.69 Å². The van der Waals surface area contributed by atoms with Gasteiger partial charge in [0.15, 0.2) is 12.8 Å². The molecule has 3 aromatic rings. The van der Waals surface area contributed by atoms with E-state index in [0.717, 1.165) is 10.4 Å². The number of nitroso groups, excluding NO2 is 1. The minimum Gasteiger partial charge on any atom is -0.327 e. The number of hydrogen-bond donors (Lipinski definition) is 2. The number of benzene rings is 2. The minimum atomic E-state index is -0.663. The Labute approximate surface area is 166 Å². The molecule has 144 valence electrons. The predicted octanol–water partition coefficient (Wildman–Crippen LogP) is 3.03. The van der Waals surface area contributed by atoms with Gasteiger partial charge in [0, 0.05) is 57.2 Å². The molecule has 1 unspecified atom stereocenters. The highest BCUT2D eigenvalue weighted by atomic mass is 16.3. The van der Waals surface area contributed by atoms with Crippen LogP contribution in [0.5, 0.6) is 0 Å². The molecule has 0 saturated carbocycles. The Hall–Kier alpha value is -4.07. The smallest absolute Gasteiger partial charge is 0.319 e. The zero-order valence-electron chi connectivity index (χ0n) is 15.6. The number of carbonyl (C=O) groups is 2. The van der Waals surface area contributed by atoms with E-state index >= 15 is 0 Å². The van der Waals surface area contributed by atoms with Crippen molar-refractivity contribution in [2.45, 2.75) is 6.04 Å². The van der Waals surface area contributed by atoms with Crippen LogP contribution in [0.1, 0.15) is 22.0 Å². The zero-order valence-corrected chi connectivity index (χ0v) is 15.6. The van der Waals surface area contributed by atoms with E-state index in [9.17, 15) is 14.5 Å². The molecular weight excluding hydrogens is 370 g/mol. The van der Waals surface area contributed by atoms with Gasteiger partial charge in [-0.15, -0.1) is 0 Å². The Balaban J connectivity index is 1.66. The van der Waals surface area contributed by atoms with Crippen LogP contribution >= 0.6 is 0 Å². The molecule has 1 aromatic heterocycles. The molecule has 8 heteroatoms. The fourth-order valence-electron chi connectivity index (χ4n) is 3.20. The summed E-state index contributed by atoms with van der Waals surface area (Å²) < 4.78 is 2.57. The Morgan fingerprint density at radius 2 is 1.97 bits per heavy atom. The second kappa shape index (κ2) is 7.51. The molecule has 0 bridgehead atoms. The van der Waals surface area contributed by atoms with Gasteiger partial charge in [0.25, 0.3) is 5.69 Å². The molecule has 0 spiro atoms. The van der Waals surface area contributed by atoms with Crippen LogP contribution in [0.3, 0.4) is 0 Å². The van der Waals surface area contributed by atoms with Crippen molar-refractivity contribution >= 4 is 17.5 Å². The normalized spacial score (nSPS) is 15.8.